The minimum absolute atomic E-state index is 0.195. The lowest BCUT2D eigenvalue weighted by Crippen LogP contribution is -2.52. The molecule has 3 nitrogen and oxygen atoms in total. The highest BCUT2D eigenvalue weighted by Gasteiger charge is 2.35. The predicted molar refractivity (Wildman–Crippen MR) is 160 cm³/mol. The van der Waals surface area contributed by atoms with E-state index in [1.807, 2.05) is 60.6 Å². The average Bonchev–Trinajstić information content (AvgIpc) is 2.93. The second kappa shape index (κ2) is 23.9. The number of hydrogen-bond donors (Lipinski definition) is 0. The van der Waals surface area contributed by atoms with Gasteiger partial charge in [-0.05, 0) is 45.1 Å². The molecule has 2 rings (SSSR count). The first-order valence-corrected chi connectivity index (χ1v) is 14.2. The molecule has 0 aromatic carbocycles. The standard InChI is InChI=1S/C26H40N2O.3C2H6/c1-6-11-14-22(9-4)15-18-27-19-16-24(17-20-27)28-25(10-5)23(12-7-2)21-29-26(28)13-8-3;3*1-2/h6-7,9-12,14,24,26H,2,4,8,13,15-21H2,1,3,5H3;3*1-2H3/b11-6-,22-14+,23-12-,25-10+;;;. The summed E-state index contributed by atoms with van der Waals surface area (Å²) in [4.78, 5) is 5.17. The maximum atomic E-state index is 6.27. The Morgan fingerprint density at radius 1 is 1.03 bits per heavy atom. The Balaban J connectivity index is 0. The average molecular weight is 487 g/mol. The van der Waals surface area contributed by atoms with E-state index in [0.717, 1.165) is 38.9 Å². The van der Waals surface area contributed by atoms with E-state index in [2.05, 4.69) is 67.2 Å². The van der Waals surface area contributed by atoms with E-state index in [4.69, 9.17) is 4.74 Å². The number of likely N-dealkylation sites (tertiary alicyclic amines) is 1. The van der Waals surface area contributed by atoms with Crippen LogP contribution < -0.4 is 0 Å². The SMILES string of the molecule is C=C/C=C1/COC(CCC)N(C2CCN(CC/C(C=C)=C/C=C\C)CC2)/C1=C/C.CC.CC.CC. The van der Waals surface area contributed by atoms with E-state index >= 15 is 0 Å². The third kappa shape index (κ3) is 12.6. The van der Waals surface area contributed by atoms with Crippen molar-refractivity contribution in [2.45, 2.75) is 107 Å². The molecule has 0 spiro atoms. The zero-order valence-electron chi connectivity index (χ0n) is 24.8. The van der Waals surface area contributed by atoms with Crippen molar-refractivity contribution in [1.29, 1.82) is 0 Å². The fourth-order valence-electron chi connectivity index (χ4n) is 4.35. The van der Waals surface area contributed by atoms with E-state index in [1.165, 1.54) is 29.7 Å². The number of ether oxygens (including phenoxy) is 1. The molecule has 0 N–H and O–H groups in total. The van der Waals surface area contributed by atoms with Gasteiger partial charge in [0, 0.05) is 36.9 Å². The minimum atomic E-state index is 0.195. The number of nitrogens with zero attached hydrogens (tertiary/aromatic N) is 2. The van der Waals surface area contributed by atoms with Gasteiger partial charge < -0.3 is 14.5 Å². The molecule has 0 radical (unpaired) electrons. The second-order valence-electron chi connectivity index (χ2n) is 7.86. The Hall–Kier alpha value is -1.84. The van der Waals surface area contributed by atoms with Crippen LogP contribution in [0, 0.1) is 0 Å². The number of allylic oxidation sites excluding steroid dienone is 7. The van der Waals surface area contributed by atoms with Crippen LogP contribution in [0.25, 0.3) is 0 Å². The Morgan fingerprint density at radius 2 is 1.66 bits per heavy atom. The van der Waals surface area contributed by atoms with Crippen molar-refractivity contribution >= 4 is 0 Å². The topological polar surface area (TPSA) is 15.7 Å². The highest BCUT2D eigenvalue weighted by atomic mass is 16.5. The van der Waals surface area contributed by atoms with Crippen molar-refractivity contribution in [1.82, 2.24) is 9.80 Å². The fourth-order valence-corrected chi connectivity index (χ4v) is 4.35. The van der Waals surface area contributed by atoms with Crippen LogP contribution in [0.2, 0.25) is 0 Å². The second-order valence-corrected chi connectivity index (χ2v) is 7.86. The first-order chi connectivity index (χ1) is 17.2. The quantitative estimate of drug-likeness (QED) is 0.302. The molecule has 0 aromatic rings. The lowest BCUT2D eigenvalue weighted by Gasteiger charge is -2.48. The summed E-state index contributed by atoms with van der Waals surface area (Å²) in [6.07, 6.45) is 20.4. The van der Waals surface area contributed by atoms with Gasteiger partial charge in [-0.2, -0.15) is 0 Å². The molecule has 2 fully saturated rings. The van der Waals surface area contributed by atoms with Crippen molar-refractivity contribution in [3.8, 4) is 0 Å². The summed E-state index contributed by atoms with van der Waals surface area (Å²) >= 11 is 0. The molecule has 0 bridgehead atoms. The first-order valence-electron chi connectivity index (χ1n) is 14.2. The predicted octanol–water partition coefficient (Wildman–Crippen LogP) is 9.08. The molecule has 1 unspecified atom stereocenters. The molecule has 0 saturated carbocycles. The van der Waals surface area contributed by atoms with Crippen LogP contribution in [0.15, 0.2) is 72.5 Å². The Kier molecular flexibility index (Phi) is 24.1. The molecule has 2 saturated heterocycles. The molecule has 0 aliphatic carbocycles. The zero-order valence-corrected chi connectivity index (χ0v) is 24.8. The van der Waals surface area contributed by atoms with Gasteiger partial charge in [0.2, 0.25) is 0 Å². The molecular weight excluding hydrogens is 428 g/mol. The van der Waals surface area contributed by atoms with Gasteiger partial charge in [-0.15, -0.1) is 0 Å². The van der Waals surface area contributed by atoms with Gasteiger partial charge in [-0.25, -0.2) is 0 Å². The van der Waals surface area contributed by atoms with Gasteiger partial charge >= 0.3 is 0 Å². The molecule has 2 aliphatic rings. The molecule has 0 aromatic heterocycles. The van der Waals surface area contributed by atoms with Crippen molar-refractivity contribution < 1.29 is 4.74 Å². The molecule has 0 amide bonds. The third-order valence-electron chi connectivity index (χ3n) is 5.91. The van der Waals surface area contributed by atoms with Gasteiger partial charge in [0.1, 0.15) is 6.23 Å². The normalized spacial score (nSPS) is 21.5. The molecule has 1 atom stereocenters. The lowest BCUT2D eigenvalue weighted by molar-refractivity contribution is -0.0840. The van der Waals surface area contributed by atoms with Crippen LogP contribution in [0.3, 0.4) is 0 Å². The van der Waals surface area contributed by atoms with Crippen LogP contribution in [0.5, 0.6) is 0 Å². The summed E-state index contributed by atoms with van der Waals surface area (Å²) in [6, 6.07) is 0.542. The summed E-state index contributed by atoms with van der Waals surface area (Å²) in [5.74, 6) is 0. The molecular formula is C32H58N2O. The summed E-state index contributed by atoms with van der Waals surface area (Å²) in [7, 11) is 0. The highest BCUT2D eigenvalue weighted by molar-refractivity contribution is 5.35. The molecule has 2 aliphatic heterocycles. The van der Waals surface area contributed by atoms with E-state index in [0.29, 0.717) is 12.6 Å². The largest absolute Gasteiger partial charge is 0.354 e. The van der Waals surface area contributed by atoms with E-state index < -0.39 is 0 Å². The molecule has 3 heteroatoms. The van der Waals surface area contributed by atoms with E-state index in [9.17, 15) is 0 Å². The third-order valence-corrected chi connectivity index (χ3v) is 5.91. The van der Waals surface area contributed by atoms with Crippen molar-refractivity contribution in [3.63, 3.8) is 0 Å². The van der Waals surface area contributed by atoms with Crippen molar-refractivity contribution in [2.24, 2.45) is 0 Å². The van der Waals surface area contributed by atoms with E-state index in [-0.39, 0.29) is 6.23 Å². The van der Waals surface area contributed by atoms with Gasteiger partial charge in [0.25, 0.3) is 0 Å². The highest BCUT2D eigenvalue weighted by Crippen LogP contribution is 2.33. The van der Waals surface area contributed by atoms with Crippen LogP contribution in [-0.2, 0) is 4.74 Å². The lowest BCUT2D eigenvalue weighted by atomic mass is 9.97. The summed E-state index contributed by atoms with van der Waals surface area (Å²) in [5.41, 5.74) is 3.91. The number of rotatable bonds is 9. The maximum absolute atomic E-state index is 6.27. The van der Waals surface area contributed by atoms with E-state index in [1.54, 1.807) is 0 Å². The maximum Gasteiger partial charge on any atom is 0.130 e. The monoisotopic (exact) mass is 486 g/mol. The first kappa shape index (κ1) is 35.3. The Labute approximate surface area is 220 Å². The summed E-state index contributed by atoms with van der Waals surface area (Å²) in [5, 5.41) is 0. The van der Waals surface area contributed by atoms with Crippen molar-refractivity contribution in [3.05, 3.63) is 72.5 Å². The van der Waals surface area contributed by atoms with Crippen LogP contribution in [-0.4, -0.2) is 48.3 Å². The molecule has 202 valence electrons. The van der Waals surface area contributed by atoms with Crippen molar-refractivity contribution in [2.75, 3.05) is 26.2 Å². The smallest absolute Gasteiger partial charge is 0.130 e. The summed E-state index contributed by atoms with van der Waals surface area (Å²) in [6.45, 7) is 30.4. The number of piperidine rings is 1. The van der Waals surface area contributed by atoms with Crippen LogP contribution in [0.4, 0.5) is 0 Å². The molecule has 2 heterocycles. The molecule has 35 heavy (non-hydrogen) atoms. The van der Waals surface area contributed by atoms with Gasteiger partial charge in [-0.3, -0.25) is 0 Å². The van der Waals surface area contributed by atoms with Crippen LogP contribution in [0.1, 0.15) is 94.4 Å². The van der Waals surface area contributed by atoms with Gasteiger partial charge in [0.15, 0.2) is 0 Å². The Morgan fingerprint density at radius 3 is 2.14 bits per heavy atom. The zero-order chi connectivity index (χ0) is 27.1. The minimum Gasteiger partial charge on any atom is -0.354 e. The fraction of sp³-hybridized carbons (Fsp3) is 0.625. The van der Waals surface area contributed by atoms with Gasteiger partial charge in [-0.1, -0.05) is 111 Å². The Bertz CT molecular complexity index is 648. The number of hydrogen-bond acceptors (Lipinski definition) is 3. The van der Waals surface area contributed by atoms with Gasteiger partial charge in [0.05, 0.1) is 6.61 Å². The van der Waals surface area contributed by atoms with Crippen LogP contribution >= 0.6 is 0 Å². The summed E-state index contributed by atoms with van der Waals surface area (Å²) < 4.78 is 6.27.